The average Bonchev–Trinajstić information content (AvgIpc) is 2.32. The average molecular weight is 205 g/mol. The monoisotopic (exact) mass is 205 g/mol. The molecule has 0 saturated carbocycles. The lowest BCUT2D eigenvalue weighted by molar-refractivity contribution is -0.0341. The molecular formula is C9H16FNO3. The second-order valence-electron chi connectivity index (χ2n) is 4.29. The second kappa shape index (κ2) is 4.13. The Bertz CT molecular complexity index is 215. The van der Waals surface area contributed by atoms with Gasteiger partial charge >= 0.3 is 6.16 Å². The fraction of sp³-hybridized carbons (Fsp3) is 0.889. The largest absolute Gasteiger partial charge is 0.509 e. The smallest absolute Gasteiger partial charge is 0.429 e. The molecule has 0 amide bonds. The van der Waals surface area contributed by atoms with Gasteiger partial charge in [-0.2, -0.15) is 0 Å². The molecule has 0 spiro atoms. The van der Waals surface area contributed by atoms with E-state index in [4.69, 9.17) is 9.47 Å². The lowest BCUT2D eigenvalue weighted by atomic mass is 10.2. The van der Waals surface area contributed by atoms with Crippen LogP contribution in [0.5, 0.6) is 0 Å². The summed E-state index contributed by atoms with van der Waals surface area (Å²) < 4.78 is 22.7. The van der Waals surface area contributed by atoms with Gasteiger partial charge in [0.05, 0.1) is 0 Å². The molecule has 4 nitrogen and oxygen atoms in total. The van der Waals surface area contributed by atoms with Crippen LogP contribution < -0.4 is 5.32 Å². The summed E-state index contributed by atoms with van der Waals surface area (Å²) in [5.74, 6) is 0. The topological polar surface area (TPSA) is 47.6 Å². The van der Waals surface area contributed by atoms with Gasteiger partial charge in [0.15, 0.2) is 12.3 Å². The van der Waals surface area contributed by atoms with Crippen molar-refractivity contribution in [1.82, 2.24) is 5.32 Å². The van der Waals surface area contributed by atoms with Crippen molar-refractivity contribution in [1.29, 1.82) is 0 Å². The van der Waals surface area contributed by atoms with Gasteiger partial charge in [0.25, 0.3) is 0 Å². The van der Waals surface area contributed by atoms with Crippen molar-refractivity contribution >= 4 is 6.16 Å². The molecule has 0 radical (unpaired) electrons. The summed E-state index contributed by atoms with van der Waals surface area (Å²) in [5, 5.41) is 2.78. The minimum Gasteiger partial charge on any atom is -0.429 e. The first-order chi connectivity index (χ1) is 6.38. The molecule has 0 aromatic carbocycles. The van der Waals surface area contributed by atoms with Gasteiger partial charge in [-0.05, 0) is 20.8 Å². The molecule has 14 heavy (non-hydrogen) atoms. The molecule has 1 N–H and O–H groups in total. The number of ether oxygens (including phenoxy) is 2. The van der Waals surface area contributed by atoms with Crippen molar-refractivity contribution in [3.05, 3.63) is 0 Å². The van der Waals surface area contributed by atoms with Crippen molar-refractivity contribution in [2.75, 3.05) is 13.1 Å². The summed E-state index contributed by atoms with van der Waals surface area (Å²) in [6.07, 6.45) is -2.67. The summed E-state index contributed by atoms with van der Waals surface area (Å²) in [7, 11) is 0. The van der Waals surface area contributed by atoms with E-state index in [1.807, 2.05) is 0 Å². The van der Waals surface area contributed by atoms with Gasteiger partial charge in [-0.1, -0.05) is 0 Å². The van der Waals surface area contributed by atoms with Crippen molar-refractivity contribution in [2.45, 2.75) is 38.6 Å². The van der Waals surface area contributed by atoms with Gasteiger partial charge in [-0.15, -0.1) is 0 Å². The SMILES string of the molecule is CC(C)(C)OC(=O)OC1CNCC1F. The fourth-order valence-electron chi connectivity index (χ4n) is 1.14. The third-order valence-corrected chi connectivity index (χ3v) is 1.73. The van der Waals surface area contributed by atoms with Gasteiger partial charge < -0.3 is 14.8 Å². The number of carbonyl (C=O) groups is 1. The first-order valence-electron chi connectivity index (χ1n) is 4.63. The number of rotatable bonds is 1. The zero-order valence-corrected chi connectivity index (χ0v) is 8.67. The number of hydrogen-bond donors (Lipinski definition) is 1. The van der Waals surface area contributed by atoms with Crippen molar-refractivity contribution in [3.8, 4) is 0 Å². The first kappa shape index (κ1) is 11.2. The Kier molecular flexibility index (Phi) is 3.31. The second-order valence-corrected chi connectivity index (χ2v) is 4.29. The molecular weight excluding hydrogens is 189 g/mol. The van der Waals surface area contributed by atoms with E-state index >= 15 is 0 Å². The molecule has 0 bridgehead atoms. The van der Waals surface area contributed by atoms with Gasteiger partial charge in [0.1, 0.15) is 5.60 Å². The molecule has 0 aromatic rings. The summed E-state index contributed by atoms with van der Waals surface area (Å²) in [6, 6.07) is 0. The summed E-state index contributed by atoms with van der Waals surface area (Å²) in [4.78, 5) is 11.1. The Balaban J connectivity index is 2.33. The normalized spacial score (nSPS) is 27.4. The van der Waals surface area contributed by atoms with E-state index in [-0.39, 0.29) is 6.54 Å². The molecule has 1 rings (SSSR count). The molecule has 1 aliphatic heterocycles. The highest BCUT2D eigenvalue weighted by Gasteiger charge is 2.31. The molecule has 5 heteroatoms. The van der Waals surface area contributed by atoms with Gasteiger partial charge in [0, 0.05) is 13.1 Å². The highest BCUT2D eigenvalue weighted by atomic mass is 19.1. The molecule has 1 saturated heterocycles. The molecule has 1 heterocycles. The molecule has 1 aliphatic rings. The Morgan fingerprint density at radius 3 is 2.50 bits per heavy atom. The van der Waals surface area contributed by atoms with E-state index in [1.165, 1.54) is 0 Å². The summed E-state index contributed by atoms with van der Waals surface area (Å²) in [6.45, 7) is 5.77. The molecule has 0 aliphatic carbocycles. The number of hydrogen-bond acceptors (Lipinski definition) is 4. The van der Waals surface area contributed by atoms with Crippen LogP contribution in [-0.4, -0.2) is 37.1 Å². The Morgan fingerprint density at radius 2 is 2.07 bits per heavy atom. The van der Waals surface area contributed by atoms with Gasteiger partial charge in [0.2, 0.25) is 0 Å². The van der Waals surface area contributed by atoms with E-state index in [0.29, 0.717) is 6.54 Å². The molecule has 2 atom stereocenters. The zero-order valence-electron chi connectivity index (χ0n) is 8.67. The van der Waals surface area contributed by atoms with Gasteiger partial charge in [-0.25, -0.2) is 9.18 Å². The van der Waals surface area contributed by atoms with Crippen LogP contribution in [0.1, 0.15) is 20.8 Å². The maximum atomic E-state index is 13.0. The van der Waals surface area contributed by atoms with Crippen LogP contribution in [0.3, 0.4) is 0 Å². The van der Waals surface area contributed by atoms with Crippen LogP contribution in [0, 0.1) is 0 Å². The molecule has 2 unspecified atom stereocenters. The van der Waals surface area contributed by atoms with Crippen LogP contribution in [0.25, 0.3) is 0 Å². The van der Waals surface area contributed by atoms with Crippen molar-refractivity contribution in [3.63, 3.8) is 0 Å². The Labute approximate surface area is 82.8 Å². The van der Waals surface area contributed by atoms with E-state index in [9.17, 15) is 9.18 Å². The van der Waals surface area contributed by atoms with Crippen LogP contribution in [0.15, 0.2) is 0 Å². The Morgan fingerprint density at radius 1 is 1.43 bits per heavy atom. The molecule has 1 fully saturated rings. The van der Waals surface area contributed by atoms with Crippen LogP contribution in [-0.2, 0) is 9.47 Å². The number of alkyl halides is 1. The zero-order chi connectivity index (χ0) is 10.8. The number of carbonyl (C=O) groups excluding carboxylic acids is 1. The van der Waals surface area contributed by atoms with Crippen LogP contribution >= 0.6 is 0 Å². The summed E-state index contributed by atoms with van der Waals surface area (Å²) >= 11 is 0. The van der Waals surface area contributed by atoms with E-state index < -0.39 is 24.0 Å². The van der Waals surface area contributed by atoms with Crippen LogP contribution in [0.2, 0.25) is 0 Å². The first-order valence-corrected chi connectivity index (χ1v) is 4.63. The lowest BCUT2D eigenvalue weighted by Crippen LogP contribution is -2.31. The quantitative estimate of drug-likeness (QED) is 0.654. The van der Waals surface area contributed by atoms with Gasteiger partial charge in [-0.3, -0.25) is 0 Å². The number of halogens is 1. The van der Waals surface area contributed by atoms with Crippen molar-refractivity contribution in [2.24, 2.45) is 0 Å². The molecule has 0 aromatic heterocycles. The van der Waals surface area contributed by atoms with E-state index in [2.05, 4.69) is 5.32 Å². The van der Waals surface area contributed by atoms with Crippen LogP contribution in [0.4, 0.5) is 9.18 Å². The van der Waals surface area contributed by atoms with Crippen molar-refractivity contribution < 1.29 is 18.7 Å². The highest BCUT2D eigenvalue weighted by molar-refractivity contribution is 5.60. The standard InChI is InChI=1S/C9H16FNO3/c1-9(2,3)14-8(12)13-7-5-11-4-6(7)10/h6-7,11H,4-5H2,1-3H3. The third-order valence-electron chi connectivity index (χ3n) is 1.73. The lowest BCUT2D eigenvalue weighted by Gasteiger charge is -2.21. The number of nitrogens with one attached hydrogen (secondary N) is 1. The van der Waals surface area contributed by atoms with E-state index in [1.54, 1.807) is 20.8 Å². The molecule has 82 valence electrons. The third kappa shape index (κ3) is 3.49. The minimum atomic E-state index is -1.14. The highest BCUT2D eigenvalue weighted by Crippen LogP contribution is 2.13. The Hall–Kier alpha value is -0.840. The van der Waals surface area contributed by atoms with E-state index in [0.717, 1.165) is 0 Å². The predicted molar refractivity (Wildman–Crippen MR) is 48.9 cm³/mol. The fourth-order valence-corrected chi connectivity index (χ4v) is 1.14. The summed E-state index contributed by atoms with van der Waals surface area (Å²) in [5.41, 5.74) is -0.602. The maximum Gasteiger partial charge on any atom is 0.509 e. The predicted octanol–water partition coefficient (Wildman–Crippen LogP) is 1.25. The maximum absolute atomic E-state index is 13.0. The minimum absolute atomic E-state index is 0.230.